The van der Waals surface area contributed by atoms with Gasteiger partial charge in [-0.3, -0.25) is 0 Å². The van der Waals surface area contributed by atoms with Crippen LogP contribution in [0.4, 0.5) is 17.1 Å². The van der Waals surface area contributed by atoms with Crippen LogP contribution in [0.5, 0.6) is 0 Å². The minimum absolute atomic E-state index is 0.182. The number of benzene rings is 11. The van der Waals surface area contributed by atoms with E-state index in [1.165, 1.54) is 100 Å². The number of rotatable bonds is 9. The molecule has 0 spiro atoms. The van der Waals surface area contributed by atoms with Crippen LogP contribution >= 0.6 is 0 Å². The third-order valence-electron chi connectivity index (χ3n) is 15.3. The number of anilines is 3. The second kappa shape index (κ2) is 17.0. The van der Waals surface area contributed by atoms with E-state index >= 15 is 0 Å². The van der Waals surface area contributed by atoms with Gasteiger partial charge in [-0.05, 0) is 113 Å². The van der Waals surface area contributed by atoms with Crippen molar-refractivity contribution in [1.82, 2.24) is 0 Å². The molecule has 2 aliphatic carbocycles. The Hall–Kier alpha value is -8.78. The molecule has 1 heteroatoms. The molecule has 71 heavy (non-hydrogen) atoms. The Bertz CT molecular complexity index is 3740. The summed E-state index contributed by atoms with van der Waals surface area (Å²) in [5.41, 5.74) is 24.9. The molecule has 0 saturated carbocycles. The van der Waals surface area contributed by atoms with Crippen molar-refractivity contribution in [3.05, 3.63) is 306 Å². The Morgan fingerprint density at radius 1 is 0.282 bits per heavy atom. The van der Waals surface area contributed by atoms with Gasteiger partial charge in [0.15, 0.2) is 0 Å². The summed E-state index contributed by atoms with van der Waals surface area (Å²) in [6, 6.07) is 101. The fraction of sp³-hybridized carbons (Fsp3) is 0.0571. The van der Waals surface area contributed by atoms with Crippen molar-refractivity contribution in [2.45, 2.75) is 24.7 Å². The lowest BCUT2D eigenvalue weighted by atomic mass is 9.68. The number of fused-ring (bicyclic) bond motifs is 6. The van der Waals surface area contributed by atoms with Crippen molar-refractivity contribution in [2.75, 3.05) is 4.90 Å². The third-order valence-corrected chi connectivity index (χ3v) is 15.3. The standard InChI is InChI=1S/C70H51N/c1-69(2)61-42-19-17-36-57(61)59-41-22-40-56(68(59)69)50-29-21-34-53(47-50)71(64-45-23-39-55(49-27-9-4-10-28-49)66(64)58-37-16-15-35-54(58)48-25-7-3-8-26-48)65-46-24-44-63-67(65)60-38-18-20-43-62(60)70(63,51-30-11-5-12-31-51)52-32-13-6-14-33-52/h3-47H,1-2H3. The second-order valence-corrected chi connectivity index (χ2v) is 19.5. The third kappa shape index (κ3) is 6.61. The van der Waals surface area contributed by atoms with Crippen molar-refractivity contribution in [2.24, 2.45) is 0 Å². The highest BCUT2D eigenvalue weighted by Gasteiger charge is 2.47. The lowest BCUT2D eigenvalue weighted by Gasteiger charge is -2.35. The van der Waals surface area contributed by atoms with Gasteiger partial charge in [0, 0.05) is 22.2 Å². The molecule has 11 aromatic carbocycles. The molecule has 0 radical (unpaired) electrons. The van der Waals surface area contributed by atoms with Gasteiger partial charge < -0.3 is 4.90 Å². The van der Waals surface area contributed by atoms with Crippen LogP contribution in [0.1, 0.15) is 47.2 Å². The molecule has 0 atom stereocenters. The van der Waals surface area contributed by atoms with E-state index in [0.29, 0.717) is 0 Å². The van der Waals surface area contributed by atoms with Gasteiger partial charge in [0.25, 0.3) is 0 Å². The Balaban J connectivity index is 1.14. The van der Waals surface area contributed by atoms with Crippen LogP contribution in [0.2, 0.25) is 0 Å². The zero-order chi connectivity index (χ0) is 47.5. The predicted octanol–water partition coefficient (Wildman–Crippen LogP) is 18.5. The molecule has 1 nitrogen and oxygen atoms in total. The molecule has 13 rings (SSSR count). The monoisotopic (exact) mass is 905 g/mol. The maximum atomic E-state index is 2.58. The maximum Gasteiger partial charge on any atom is 0.0714 e. The zero-order valence-electron chi connectivity index (χ0n) is 39.9. The summed E-state index contributed by atoms with van der Waals surface area (Å²) in [5.74, 6) is 0. The molecule has 11 aromatic rings. The summed E-state index contributed by atoms with van der Waals surface area (Å²) in [6.45, 7) is 4.78. The summed E-state index contributed by atoms with van der Waals surface area (Å²) in [7, 11) is 0. The van der Waals surface area contributed by atoms with Gasteiger partial charge in [-0.1, -0.05) is 263 Å². The predicted molar refractivity (Wildman–Crippen MR) is 298 cm³/mol. The Labute approximate surface area is 417 Å². The van der Waals surface area contributed by atoms with E-state index in [-0.39, 0.29) is 5.41 Å². The van der Waals surface area contributed by atoms with Crippen molar-refractivity contribution < 1.29 is 0 Å². The fourth-order valence-corrected chi connectivity index (χ4v) is 12.4. The van der Waals surface area contributed by atoms with Crippen LogP contribution < -0.4 is 4.90 Å². The smallest absolute Gasteiger partial charge is 0.0714 e. The molecule has 336 valence electrons. The lowest BCUT2D eigenvalue weighted by Crippen LogP contribution is -2.28. The van der Waals surface area contributed by atoms with Crippen molar-refractivity contribution in [1.29, 1.82) is 0 Å². The van der Waals surface area contributed by atoms with E-state index in [1.54, 1.807) is 0 Å². The molecule has 0 N–H and O–H groups in total. The van der Waals surface area contributed by atoms with E-state index in [4.69, 9.17) is 0 Å². The van der Waals surface area contributed by atoms with Gasteiger partial charge in [-0.15, -0.1) is 0 Å². The van der Waals surface area contributed by atoms with E-state index in [0.717, 1.165) is 17.1 Å². The molecule has 0 amide bonds. The van der Waals surface area contributed by atoms with Gasteiger partial charge in [0.2, 0.25) is 0 Å². The maximum absolute atomic E-state index is 2.58. The molecule has 0 saturated heterocycles. The van der Waals surface area contributed by atoms with Crippen LogP contribution in [0, 0.1) is 0 Å². The fourth-order valence-electron chi connectivity index (χ4n) is 12.4. The lowest BCUT2D eigenvalue weighted by molar-refractivity contribution is 0.662. The first kappa shape index (κ1) is 42.3. The molecular formula is C70H51N. The number of nitrogens with zero attached hydrogens (tertiary/aromatic N) is 1. The van der Waals surface area contributed by atoms with Gasteiger partial charge in [-0.2, -0.15) is 0 Å². The summed E-state index contributed by atoms with van der Waals surface area (Å²) < 4.78 is 0. The molecule has 0 unspecified atom stereocenters. The highest BCUT2D eigenvalue weighted by atomic mass is 15.1. The Morgan fingerprint density at radius 3 is 1.39 bits per heavy atom. The molecule has 0 heterocycles. The first-order valence-electron chi connectivity index (χ1n) is 24.8. The van der Waals surface area contributed by atoms with E-state index in [1.807, 2.05) is 0 Å². The van der Waals surface area contributed by atoms with Crippen molar-refractivity contribution in [3.63, 3.8) is 0 Å². The SMILES string of the molecule is CC1(C)c2ccccc2-c2cccc(-c3cccc(N(c4cccc(-c5ccccc5)c4-c4ccccc4-c4ccccc4)c4cccc5c4-c4ccccc4C5(c4ccccc4)c4ccccc4)c3)c21. The Morgan fingerprint density at radius 2 is 0.718 bits per heavy atom. The van der Waals surface area contributed by atoms with Crippen LogP contribution in [0.15, 0.2) is 273 Å². The Kier molecular flexibility index (Phi) is 10.1. The number of hydrogen-bond donors (Lipinski definition) is 0. The van der Waals surface area contributed by atoms with Crippen LogP contribution in [0.25, 0.3) is 66.8 Å². The van der Waals surface area contributed by atoms with Gasteiger partial charge in [-0.25, -0.2) is 0 Å². The van der Waals surface area contributed by atoms with Gasteiger partial charge in [0.1, 0.15) is 0 Å². The first-order valence-corrected chi connectivity index (χ1v) is 24.8. The van der Waals surface area contributed by atoms with Crippen LogP contribution in [-0.2, 0) is 10.8 Å². The quantitative estimate of drug-likeness (QED) is 0.139. The van der Waals surface area contributed by atoms with E-state index < -0.39 is 5.41 Å². The van der Waals surface area contributed by atoms with Crippen molar-refractivity contribution >= 4 is 17.1 Å². The minimum atomic E-state index is -0.572. The van der Waals surface area contributed by atoms with Crippen LogP contribution in [-0.4, -0.2) is 0 Å². The summed E-state index contributed by atoms with van der Waals surface area (Å²) >= 11 is 0. The molecule has 0 aromatic heterocycles. The first-order chi connectivity index (χ1) is 35.0. The normalized spacial score (nSPS) is 13.4. The van der Waals surface area contributed by atoms with Gasteiger partial charge >= 0.3 is 0 Å². The van der Waals surface area contributed by atoms with Crippen LogP contribution in [0.3, 0.4) is 0 Å². The molecule has 0 bridgehead atoms. The summed E-state index contributed by atoms with van der Waals surface area (Å²) in [4.78, 5) is 2.58. The minimum Gasteiger partial charge on any atom is -0.309 e. The largest absolute Gasteiger partial charge is 0.309 e. The zero-order valence-corrected chi connectivity index (χ0v) is 39.9. The topological polar surface area (TPSA) is 3.24 Å². The molecule has 2 aliphatic rings. The van der Waals surface area contributed by atoms with E-state index in [9.17, 15) is 0 Å². The average Bonchev–Trinajstić information content (AvgIpc) is 3.88. The van der Waals surface area contributed by atoms with E-state index in [2.05, 4.69) is 292 Å². The highest BCUT2D eigenvalue weighted by molar-refractivity contribution is 6.05. The molecule has 0 aliphatic heterocycles. The average molecular weight is 906 g/mol. The molecular weight excluding hydrogens is 855 g/mol. The summed E-state index contributed by atoms with van der Waals surface area (Å²) in [5, 5.41) is 0. The number of hydrogen-bond acceptors (Lipinski definition) is 1. The highest BCUT2D eigenvalue weighted by Crippen LogP contribution is 2.61. The van der Waals surface area contributed by atoms with Gasteiger partial charge in [0.05, 0.1) is 16.8 Å². The molecule has 0 fully saturated rings. The van der Waals surface area contributed by atoms with Crippen molar-refractivity contribution in [3.8, 4) is 66.8 Å². The summed E-state index contributed by atoms with van der Waals surface area (Å²) in [6.07, 6.45) is 0. The second-order valence-electron chi connectivity index (χ2n) is 19.5.